The zero-order valence-corrected chi connectivity index (χ0v) is 17.2. The number of ether oxygens (including phenoxy) is 1. The van der Waals surface area contributed by atoms with Gasteiger partial charge in [-0.1, -0.05) is 42.0 Å². The van der Waals surface area contributed by atoms with Crippen molar-refractivity contribution in [1.82, 2.24) is 4.90 Å². The average molecular weight is 394 g/mol. The molecule has 0 aromatic heterocycles. The quantitative estimate of drug-likeness (QED) is 0.463. The van der Waals surface area contributed by atoms with E-state index in [1.807, 2.05) is 62.3 Å². The number of benzene rings is 2. The Kier molecular flexibility index (Phi) is 6.03. The van der Waals surface area contributed by atoms with Gasteiger partial charge in [0.1, 0.15) is 5.76 Å². The van der Waals surface area contributed by atoms with Crippen molar-refractivity contribution in [3.05, 3.63) is 70.8 Å². The Bertz CT molecular complexity index is 930. The molecule has 0 saturated carbocycles. The Balaban J connectivity index is 2.13. The fourth-order valence-electron chi connectivity index (χ4n) is 3.47. The third-order valence-corrected chi connectivity index (χ3v) is 5.13. The van der Waals surface area contributed by atoms with Gasteiger partial charge in [0.05, 0.1) is 18.2 Å². The maximum atomic E-state index is 12.9. The van der Waals surface area contributed by atoms with Gasteiger partial charge in [0.25, 0.3) is 11.7 Å². The zero-order valence-electron chi connectivity index (χ0n) is 17.2. The molecule has 6 nitrogen and oxygen atoms in total. The topological polar surface area (TPSA) is 70.1 Å². The van der Waals surface area contributed by atoms with Gasteiger partial charge < -0.3 is 19.6 Å². The first kappa shape index (κ1) is 20.6. The van der Waals surface area contributed by atoms with E-state index in [-0.39, 0.29) is 17.9 Å². The van der Waals surface area contributed by atoms with E-state index >= 15 is 0 Å². The number of hydrogen-bond acceptors (Lipinski definition) is 5. The maximum Gasteiger partial charge on any atom is 0.295 e. The third-order valence-electron chi connectivity index (χ3n) is 5.13. The average Bonchev–Trinajstić information content (AvgIpc) is 2.97. The first-order valence-corrected chi connectivity index (χ1v) is 9.46. The van der Waals surface area contributed by atoms with E-state index in [4.69, 9.17) is 4.74 Å². The Morgan fingerprint density at radius 2 is 1.69 bits per heavy atom. The number of anilines is 1. The monoisotopic (exact) mass is 394 g/mol. The molecular formula is C23H26N2O4. The van der Waals surface area contributed by atoms with Gasteiger partial charge in [-0.25, -0.2) is 0 Å². The SMILES string of the molecule is COCCN1C(=O)C(=O)/C(=C(/O)c2ccc(C)cc2)C1c1ccc(N(C)C)cc1. The minimum Gasteiger partial charge on any atom is -0.507 e. The second-order valence-electron chi connectivity index (χ2n) is 7.34. The number of rotatable bonds is 6. The van der Waals surface area contributed by atoms with Crippen molar-refractivity contribution < 1.29 is 19.4 Å². The number of aryl methyl sites for hydroxylation is 1. The summed E-state index contributed by atoms with van der Waals surface area (Å²) in [6.45, 7) is 2.50. The van der Waals surface area contributed by atoms with Crippen LogP contribution < -0.4 is 4.90 Å². The number of amides is 1. The van der Waals surface area contributed by atoms with Crippen molar-refractivity contribution in [3.8, 4) is 0 Å². The number of aliphatic hydroxyl groups excluding tert-OH is 1. The molecule has 1 aliphatic heterocycles. The lowest BCUT2D eigenvalue weighted by Crippen LogP contribution is -2.32. The van der Waals surface area contributed by atoms with Gasteiger partial charge in [0.2, 0.25) is 0 Å². The largest absolute Gasteiger partial charge is 0.507 e. The van der Waals surface area contributed by atoms with E-state index < -0.39 is 17.7 Å². The summed E-state index contributed by atoms with van der Waals surface area (Å²) in [6, 6.07) is 14.2. The van der Waals surface area contributed by atoms with Crippen LogP contribution in [0.2, 0.25) is 0 Å². The number of Topliss-reactive ketones (excluding diaryl/α,β-unsaturated/α-hetero) is 1. The second kappa shape index (κ2) is 8.49. The Hall–Kier alpha value is -3.12. The molecule has 6 heteroatoms. The van der Waals surface area contributed by atoms with E-state index in [0.717, 1.165) is 16.8 Å². The van der Waals surface area contributed by atoms with Crippen LogP contribution in [0, 0.1) is 6.92 Å². The molecule has 1 unspecified atom stereocenters. The Morgan fingerprint density at radius 3 is 2.24 bits per heavy atom. The number of carbonyl (C=O) groups is 2. The van der Waals surface area contributed by atoms with E-state index in [9.17, 15) is 14.7 Å². The lowest BCUT2D eigenvalue weighted by atomic mass is 9.95. The molecule has 3 rings (SSSR count). The molecule has 0 radical (unpaired) electrons. The van der Waals surface area contributed by atoms with E-state index in [1.54, 1.807) is 19.2 Å². The molecule has 29 heavy (non-hydrogen) atoms. The van der Waals surface area contributed by atoms with Crippen molar-refractivity contribution >= 4 is 23.1 Å². The first-order valence-electron chi connectivity index (χ1n) is 9.46. The zero-order chi connectivity index (χ0) is 21.1. The van der Waals surface area contributed by atoms with Crippen molar-refractivity contribution in [2.75, 3.05) is 39.3 Å². The summed E-state index contributed by atoms with van der Waals surface area (Å²) in [6.07, 6.45) is 0. The van der Waals surface area contributed by atoms with Gasteiger partial charge in [-0.3, -0.25) is 9.59 Å². The lowest BCUT2D eigenvalue weighted by Gasteiger charge is -2.25. The molecule has 1 N–H and O–H groups in total. The molecule has 0 aliphatic carbocycles. The van der Waals surface area contributed by atoms with Crippen LogP contribution in [0.5, 0.6) is 0 Å². The van der Waals surface area contributed by atoms with Crippen LogP contribution in [0.15, 0.2) is 54.1 Å². The normalized spacial score (nSPS) is 18.3. The summed E-state index contributed by atoms with van der Waals surface area (Å²) in [5, 5.41) is 11.0. The molecule has 1 heterocycles. The predicted octanol–water partition coefficient (Wildman–Crippen LogP) is 3.13. The highest BCUT2D eigenvalue weighted by atomic mass is 16.5. The molecular weight excluding hydrogens is 368 g/mol. The van der Waals surface area contributed by atoms with E-state index in [0.29, 0.717) is 12.2 Å². The molecule has 1 fully saturated rings. The number of likely N-dealkylation sites (tertiary alicyclic amines) is 1. The van der Waals surface area contributed by atoms with Crippen molar-refractivity contribution in [1.29, 1.82) is 0 Å². The number of hydrogen-bond donors (Lipinski definition) is 1. The van der Waals surface area contributed by atoms with Crippen LogP contribution in [0.1, 0.15) is 22.7 Å². The molecule has 152 valence electrons. The Morgan fingerprint density at radius 1 is 1.07 bits per heavy atom. The molecule has 1 amide bonds. The lowest BCUT2D eigenvalue weighted by molar-refractivity contribution is -0.140. The standard InChI is InChI=1S/C23H26N2O4/c1-15-5-7-17(8-6-15)21(26)19-20(16-9-11-18(12-10-16)24(2)3)25(13-14-29-4)23(28)22(19)27/h5-12,20,26H,13-14H2,1-4H3/b21-19+. The Labute approximate surface area is 171 Å². The second-order valence-corrected chi connectivity index (χ2v) is 7.34. The van der Waals surface area contributed by atoms with E-state index in [1.165, 1.54) is 4.90 Å². The number of aliphatic hydroxyl groups is 1. The smallest absolute Gasteiger partial charge is 0.295 e. The van der Waals surface area contributed by atoms with Crippen LogP contribution in [-0.4, -0.2) is 56.1 Å². The highest BCUT2D eigenvalue weighted by molar-refractivity contribution is 6.46. The van der Waals surface area contributed by atoms with E-state index in [2.05, 4.69) is 0 Å². The van der Waals surface area contributed by atoms with Gasteiger partial charge in [0, 0.05) is 39.0 Å². The van der Waals surface area contributed by atoms with Gasteiger partial charge >= 0.3 is 0 Å². The number of nitrogens with zero attached hydrogens (tertiary/aromatic N) is 2. The molecule has 0 bridgehead atoms. The van der Waals surface area contributed by atoms with Gasteiger partial charge in [-0.15, -0.1) is 0 Å². The first-order chi connectivity index (χ1) is 13.8. The summed E-state index contributed by atoms with van der Waals surface area (Å²) in [4.78, 5) is 29.0. The maximum absolute atomic E-state index is 12.9. The van der Waals surface area contributed by atoms with Crippen molar-refractivity contribution in [2.24, 2.45) is 0 Å². The summed E-state index contributed by atoms with van der Waals surface area (Å²) in [5.74, 6) is -1.47. The fourth-order valence-corrected chi connectivity index (χ4v) is 3.47. The van der Waals surface area contributed by atoms with Crippen LogP contribution >= 0.6 is 0 Å². The predicted molar refractivity (Wildman–Crippen MR) is 113 cm³/mol. The number of methoxy groups -OCH3 is 1. The third kappa shape index (κ3) is 4.03. The summed E-state index contributed by atoms with van der Waals surface area (Å²) in [5.41, 5.74) is 3.42. The highest BCUT2D eigenvalue weighted by Gasteiger charge is 2.45. The minimum atomic E-state index is -0.680. The molecule has 2 aromatic carbocycles. The summed E-state index contributed by atoms with van der Waals surface area (Å²) in [7, 11) is 5.43. The van der Waals surface area contributed by atoms with Gasteiger partial charge in [-0.05, 0) is 24.6 Å². The molecule has 1 aliphatic rings. The number of carbonyl (C=O) groups excluding carboxylic acids is 2. The van der Waals surface area contributed by atoms with Crippen molar-refractivity contribution in [2.45, 2.75) is 13.0 Å². The van der Waals surface area contributed by atoms with Crippen LogP contribution in [0.25, 0.3) is 5.76 Å². The molecule has 1 saturated heterocycles. The van der Waals surface area contributed by atoms with Gasteiger partial charge in [0.15, 0.2) is 0 Å². The molecule has 1 atom stereocenters. The highest BCUT2D eigenvalue weighted by Crippen LogP contribution is 2.39. The van der Waals surface area contributed by atoms with Crippen LogP contribution in [-0.2, 0) is 14.3 Å². The van der Waals surface area contributed by atoms with Crippen LogP contribution in [0.3, 0.4) is 0 Å². The van der Waals surface area contributed by atoms with Crippen LogP contribution in [0.4, 0.5) is 5.69 Å². The fraction of sp³-hybridized carbons (Fsp3) is 0.304. The van der Waals surface area contributed by atoms with Crippen molar-refractivity contribution in [3.63, 3.8) is 0 Å². The summed E-state index contributed by atoms with van der Waals surface area (Å²) >= 11 is 0. The summed E-state index contributed by atoms with van der Waals surface area (Å²) < 4.78 is 5.13. The number of ketones is 1. The molecule has 0 spiro atoms. The van der Waals surface area contributed by atoms with Gasteiger partial charge in [-0.2, -0.15) is 0 Å². The minimum absolute atomic E-state index is 0.104. The molecule has 2 aromatic rings.